The molecule has 2 aliphatic rings. The molecule has 2 rings (SSSR count). The summed E-state index contributed by atoms with van der Waals surface area (Å²) in [5, 5.41) is 0.913. The predicted octanol–water partition coefficient (Wildman–Crippen LogP) is 2.61. The first-order valence-electron chi connectivity index (χ1n) is 5.56. The van der Waals surface area contributed by atoms with E-state index in [0.29, 0.717) is 5.41 Å². The zero-order chi connectivity index (χ0) is 9.31. The van der Waals surface area contributed by atoms with Crippen molar-refractivity contribution in [3.8, 4) is 0 Å². The molecule has 0 bridgehead atoms. The Labute approximate surface area is 86.3 Å². The molecule has 1 saturated heterocycles. The monoisotopic (exact) mass is 199 g/mol. The third-order valence-corrected chi connectivity index (χ3v) is 4.76. The van der Waals surface area contributed by atoms with Gasteiger partial charge in [-0.3, -0.25) is 0 Å². The van der Waals surface area contributed by atoms with Crippen LogP contribution in [-0.2, 0) is 0 Å². The van der Waals surface area contributed by atoms with Gasteiger partial charge in [-0.1, -0.05) is 13.8 Å². The Bertz CT molecular complexity index is 177. The number of thioether (sulfide) groups is 1. The maximum absolute atomic E-state index is 2.69. The van der Waals surface area contributed by atoms with Gasteiger partial charge >= 0.3 is 0 Å². The maximum atomic E-state index is 2.69. The quantitative estimate of drug-likeness (QED) is 0.687. The predicted molar refractivity (Wildman–Crippen MR) is 60.3 cm³/mol. The van der Waals surface area contributed by atoms with Crippen molar-refractivity contribution in [3.05, 3.63) is 0 Å². The van der Waals surface area contributed by atoms with Gasteiger partial charge in [0.25, 0.3) is 0 Å². The Balaban J connectivity index is 1.78. The van der Waals surface area contributed by atoms with E-state index < -0.39 is 0 Å². The molecule has 1 nitrogen and oxygen atoms in total. The number of hydrogen-bond donors (Lipinski definition) is 0. The van der Waals surface area contributed by atoms with Crippen LogP contribution in [0.3, 0.4) is 0 Å². The summed E-state index contributed by atoms with van der Waals surface area (Å²) >= 11 is 2.17. The zero-order valence-corrected chi connectivity index (χ0v) is 9.70. The third-order valence-electron chi connectivity index (χ3n) is 3.39. The standard InChI is InChI=1S/C11H21NS/c1-3-10-8-12(6-7-13-10)9-11(2)4-5-11/h10H,3-9H2,1-2H3. The molecule has 1 saturated carbocycles. The first-order chi connectivity index (χ1) is 6.22. The second-order valence-electron chi connectivity index (χ2n) is 4.95. The van der Waals surface area contributed by atoms with Crippen LogP contribution in [0, 0.1) is 5.41 Å². The van der Waals surface area contributed by atoms with Gasteiger partial charge in [0.05, 0.1) is 0 Å². The summed E-state index contributed by atoms with van der Waals surface area (Å²) in [5.41, 5.74) is 0.709. The van der Waals surface area contributed by atoms with Gasteiger partial charge in [0.1, 0.15) is 0 Å². The molecule has 1 atom stereocenters. The minimum Gasteiger partial charge on any atom is -0.301 e. The molecule has 13 heavy (non-hydrogen) atoms. The summed E-state index contributed by atoms with van der Waals surface area (Å²) in [5.74, 6) is 1.36. The van der Waals surface area contributed by atoms with Crippen LogP contribution in [-0.4, -0.2) is 35.5 Å². The van der Waals surface area contributed by atoms with Crippen LogP contribution in [0.1, 0.15) is 33.1 Å². The van der Waals surface area contributed by atoms with E-state index in [1.165, 1.54) is 44.6 Å². The van der Waals surface area contributed by atoms with Crippen molar-refractivity contribution in [3.63, 3.8) is 0 Å². The Kier molecular flexibility index (Phi) is 2.89. The molecule has 0 N–H and O–H groups in total. The Hall–Kier alpha value is 0.310. The third kappa shape index (κ3) is 2.63. The summed E-state index contributed by atoms with van der Waals surface area (Å²) < 4.78 is 0. The average Bonchev–Trinajstić information content (AvgIpc) is 2.84. The van der Waals surface area contributed by atoms with Crippen molar-refractivity contribution < 1.29 is 0 Å². The van der Waals surface area contributed by atoms with Crippen molar-refractivity contribution >= 4 is 11.8 Å². The highest BCUT2D eigenvalue weighted by Crippen LogP contribution is 2.45. The van der Waals surface area contributed by atoms with Gasteiger partial charge in [-0.25, -0.2) is 0 Å². The smallest absolute Gasteiger partial charge is 0.0172 e. The van der Waals surface area contributed by atoms with E-state index in [9.17, 15) is 0 Å². The van der Waals surface area contributed by atoms with Crippen molar-refractivity contribution in [1.82, 2.24) is 4.90 Å². The normalized spacial score (nSPS) is 33.2. The van der Waals surface area contributed by atoms with Crippen molar-refractivity contribution in [2.45, 2.75) is 38.4 Å². The minimum atomic E-state index is 0.709. The number of nitrogens with zero attached hydrogens (tertiary/aromatic N) is 1. The highest BCUT2D eigenvalue weighted by molar-refractivity contribution is 8.00. The van der Waals surface area contributed by atoms with Gasteiger partial charge in [0.2, 0.25) is 0 Å². The molecule has 1 aliphatic heterocycles. The largest absolute Gasteiger partial charge is 0.301 e. The molecule has 1 unspecified atom stereocenters. The van der Waals surface area contributed by atoms with Gasteiger partial charge in [-0.2, -0.15) is 11.8 Å². The van der Waals surface area contributed by atoms with Crippen molar-refractivity contribution in [2.24, 2.45) is 5.41 Å². The van der Waals surface area contributed by atoms with Crippen molar-refractivity contribution in [2.75, 3.05) is 25.4 Å². The minimum absolute atomic E-state index is 0.709. The highest BCUT2D eigenvalue weighted by Gasteiger charge is 2.39. The Morgan fingerprint density at radius 2 is 2.23 bits per heavy atom. The van der Waals surface area contributed by atoms with E-state index in [0.717, 1.165) is 5.25 Å². The highest BCUT2D eigenvalue weighted by atomic mass is 32.2. The number of rotatable bonds is 3. The summed E-state index contributed by atoms with van der Waals surface area (Å²) in [4.78, 5) is 2.69. The molecule has 1 aliphatic carbocycles. The summed E-state index contributed by atoms with van der Waals surface area (Å²) in [6, 6.07) is 0. The first-order valence-corrected chi connectivity index (χ1v) is 6.61. The molecule has 1 heterocycles. The molecule has 0 spiro atoms. The van der Waals surface area contributed by atoms with Crippen LogP contribution >= 0.6 is 11.8 Å². The fourth-order valence-electron chi connectivity index (χ4n) is 2.08. The Morgan fingerprint density at radius 1 is 1.46 bits per heavy atom. The fraction of sp³-hybridized carbons (Fsp3) is 1.00. The summed E-state index contributed by atoms with van der Waals surface area (Å²) in [6.45, 7) is 8.80. The van der Waals surface area contributed by atoms with Crippen molar-refractivity contribution in [1.29, 1.82) is 0 Å². The molecule has 0 amide bonds. The fourth-order valence-corrected chi connectivity index (χ4v) is 3.33. The van der Waals surface area contributed by atoms with Crippen LogP contribution in [0.25, 0.3) is 0 Å². The molecular weight excluding hydrogens is 178 g/mol. The molecular formula is C11H21NS. The molecule has 0 radical (unpaired) electrons. The van der Waals surface area contributed by atoms with Crippen LogP contribution in [0.5, 0.6) is 0 Å². The maximum Gasteiger partial charge on any atom is 0.0172 e. The van der Waals surface area contributed by atoms with Gasteiger partial charge in [-0.15, -0.1) is 0 Å². The summed E-state index contributed by atoms with van der Waals surface area (Å²) in [7, 11) is 0. The lowest BCUT2D eigenvalue weighted by molar-refractivity contribution is 0.234. The van der Waals surface area contributed by atoms with Crippen LogP contribution in [0.4, 0.5) is 0 Å². The molecule has 2 heteroatoms. The first kappa shape index (κ1) is 9.85. The molecule has 0 aromatic heterocycles. The summed E-state index contributed by atoms with van der Waals surface area (Å²) in [6.07, 6.45) is 4.28. The topological polar surface area (TPSA) is 3.24 Å². The van der Waals surface area contributed by atoms with Crippen LogP contribution in [0.15, 0.2) is 0 Å². The van der Waals surface area contributed by atoms with E-state index in [2.05, 4.69) is 30.5 Å². The van der Waals surface area contributed by atoms with Crippen LogP contribution < -0.4 is 0 Å². The lowest BCUT2D eigenvalue weighted by Crippen LogP contribution is -2.40. The average molecular weight is 199 g/mol. The lowest BCUT2D eigenvalue weighted by atomic mass is 10.1. The van der Waals surface area contributed by atoms with E-state index >= 15 is 0 Å². The van der Waals surface area contributed by atoms with Crippen LogP contribution in [0.2, 0.25) is 0 Å². The molecule has 0 aromatic carbocycles. The molecule has 2 fully saturated rings. The second kappa shape index (κ2) is 3.82. The van der Waals surface area contributed by atoms with Gasteiger partial charge in [0, 0.05) is 30.6 Å². The second-order valence-corrected chi connectivity index (χ2v) is 6.36. The van der Waals surface area contributed by atoms with Gasteiger partial charge in [-0.05, 0) is 24.7 Å². The van der Waals surface area contributed by atoms with E-state index in [1.807, 2.05) is 0 Å². The van der Waals surface area contributed by atoms with E-state index in [-0.39, 0.29) is 0 Å². The van der Waals surface area contributed by atoms with Gasteiger partial charge in [0.15, 0.2) is 0 Å². The SMILES string of the molecule is CCC1CN(CC2(C)CC2)CCS1. The zero-order valence-electron chi connectivity index (χ0n) is 8.88. The van der Waals surface area contributed by atoms with E-state index in [1.54, 1.807) is 0 Å². The molecule has 0 aromatic rings. The van der Waals surface area contributed by atoms with Gasteiger partial charge < -0.3 is 4.90 Å². The lowest BCUT2D eigenvalue weighted by Gasteiger charge is -2.33. The molecule has 76 valence electrons. The number of hydrogen-bond acceptors (Lipinski definition) is 2. The Morgan fingerprint density at radius 3 is 2.85 bits per heavy atom. The van der Waals surface area contributed by atoms with E-state index in [4.69, 9.17) is 0 Å².